The molecule has 1 aliphatic carbocycles. The van der Waals surface area contributed by atoms with E-state index in [4.69, 9.17) is 11.6 Å². The predicted octanol–water partition coefficient (Wildman–Crippen LogP) is 3.88. The highest BCUT2D eigenvalue weighted by atomic mass is 35.5. The number of amides is 1. The van der Waals surface area contributed by atoms with Gasteiger partial charge < -0.3 is 10.4 Å². The molecule has 122 valence electrons. The molecule has 0 bridgehead atoms. The highest BCUT2D eigenvalue weighted by Crippen LogP contribution is 2.24. The Labute approximate surface area is 141 Å². The van der Waals surface area contributed by atoms with Gasteiger partial charge in [-0.2, -0.15) is 0 Å². The van der Waals surface area contributed by atoms with Gasteiger partial charge in [0.2, 0.25) is 5.91 Å². The molecule has 1 aromatic carbocycles. The average molecular weight is 342 g/mol. The Kier molecular flexibility index (Phi) is 7.56. The summed E-state index contributed by atoms with van der Waals surface area (Å²) < 4.78 is 0. The summed E-state index contributed by atoms with van der Waals surface area (Å²) in [4.78, 5) is 13.0. The number of rotatable bonds is 7. The molecule has 0 spiro atoms. The predicted molar refractivity (Wildman–Crippen MR) is 92.4 cm³/mol. The van der Waals surface area contributed by atoms with Gasteiger partial charge in [0.15, 0.2) is 0 Å². The summed E-state index contributed by atoms with van der Waals surface area (Å²) in [6.07, 6.45) is 5.18. The highest BCUT2D eigenvalue weighted by molar-refractivity contribution is 7.99. The van der Waals surface area contributed by atoms with Crippen LogP contribution >= 0.6 is 23.4 Å². The quantitative estimate of drug-likeness (QED) is 0.584. The number of hydrogen-bond acceptors (Lipinski definition) is 3. The second-order valence-corrected chi connectivity index (χ2v) is 7.50. The maximum absolute atomic E-state index is 11.8. The Morgan fingerprint density at radius 3 is 2.82 bits per heavy atom. The lowest BCUT2D eigenvalue weighted by atomic mass is 9.87. The van der Waals surface area contributed by atoms with Gasteiger partial charge in [-0.15, -0.1) is 11.8 Å². The van der Waals surface area contributed by atoms with E-state index < -0.39 is 0 Å². The van der Waals surface area contributed by atoms with E-state index in [1.165, 1.54) is 4.90 Å². The number of aliphatic hydroxyl groups excluding tert-OH is 1. The minimum atomic E-state index is -0.175. The van der Waals surface area contributed by atoms with Crippen LogP contribution in [0.25, 0.3) is 0 Å². The molecular formula is C17H24ClNO2S. The van der Waals surface area contributed by atoms with Gasteiger partial charge in [-0.1, -0.05) is 18.0 Å². The number of halogens is 1. The molecule has 1 amide bonds. The van der Waals surface area contributed by atoms with Crippen molar-refractivity contribution in [1.29, 1.82) is 0 Å². The summed E-state index contributed by atoms with van der Waals surface area (Å²) in [5.41, 5.74) is 0. The summed E-state index contributed by atoms with van der Waals surface area (Å²) in [6, 6.07) is 7.77. The van der Waals surface area contributed by atoms with Crippen molar-refractivity contribution >= 4 is 29.3 Å². The number of nitrogens with one attached hydrogen (secondary N) is 1. The van der Waals surface area contributed by atoms with E-state index in [0.29, 0.717) is 18.9 Å². The maximum Gasteiger partial charge on any atom is 0.220 e. The van der Waals surface area contributed by atoms with Crippen molar-refractivity contribution in [2.24, 2.45) is 5.92 Å². The Morgan fingerprint density at radius 2 is 2.09 bits per heavy atom. The van der Waals surface area contributed by atoms with Crippen LogP contribution in [0, 0.1) is 5.92 Å². The molecule has 0 saturated heterocycles. The molecule has 2 N–H and O–H groups in total. The second kappa shape index (κ2) is 9.43. The molecule has 2 rings (SSSR count). The monoisotopic (exact) mass is 341 g/mol. The third-order valence-electron chi connectivity index (χ3n) is 3.97. The van der Waals surface area contributed by atoms with Gasteiger partial charge in [-0.25, -0.2) is 0 Å². The summed E-state index contributed by atoms with van der Waals surface area (Å²) >= 11 is 7.59. The standard InChI is InChI=1S/C17H24ClNO2S/c18-14-6-8-16(9-7-14)22-10-2-5-17(21)19-12-13-3-1-4-15(20)11-13/h6-9,13,15,20H,1-5,10-12H2,(H,19,21). The fourth-order valence-electron chi connectivity index (χ4n) is 2.75. The van der Waals surface area contributed by atoms with E-state index in [9.17, 15) is 9.90 Å². The normalized spacial score (nSPS) is 21.5. The van der Waals surface area contributed by atoms with Crippen molar-refractivity contribution < 1.29 is 9.90 Å². The third kappa shape index (κ3) is 6.59. The van der Waals surface area contributed by atoms with Gasteiger partial charge in [0.25, 0.3) is 0 Å². The number of thioether (sulfide) groups is 1. The number of aliphatic hydroxyl groups is 1. The maximum atomic E-state index is 11.8. The molecular weight excluding hydrogens is 318 g/mol. The van der Waals surface area contributed by atoms with Crippen LogP contribution in [0.4, 0.5) is 0 Å². The largest absolute Gasteiger partial charge is 0.393 e. The first-order valence-corrected chi connectivity index (χ1v) is 9.33. The first-order valence-electron chi connectivity index (χ1n) is 7.96. The fraction of sp³-hybridized carbons (Fsp3) is 0.588. The molecule has 1 saturated carbocycles. The van der Waals surface area contributed by atoms with E-state index in [-0.39, 0.29) is 12.0 Å². The number of carbonyl (C=O) groups is 1. The second-order valence-electron chi connectivity index (χ2n) is 5.90. The van der Waals surface area contributed by atoms with E-state index >= 15 is 0 Å². The van der Waals surface area contributed by atoms with Crippen molar-refractivity contribution in [3.8, 4) is 0 Å². The number of hydrogen-bond donors (Lipinski definition) is 2. The Balaban J connectivity index is 1.55. The van der Waals surface area contributed by atoms with Gasteiger partial charge in [-0.05, 0) is 61.6 Å². The zero-order valence-corrected chi connectivity index (χ0v) is 14.3. The highest BCUT2D eigenvalue weighted by Gasteiger charge is 2.20. The lowest BCUT2D eigenvalue weighted by molar-refractivity contribution is -0.121. The lowest BCUT2D eigenvalue weighted by Gasteiger charge is -2.25. The zero-order valence-electron chi connectivity index (χ0n) is 12.8. The number of benzene rings is 1. The van der Waals surface area contributed by atoms with E-state index in [0.717, 1.165) is 42.9 Å². The van der Waals surface area contributed by atoms with Gasteiger partial charge in [0.05, 0.1) is 6.10 Å². The van der Waals surface area contributed by atoms with Crippen molar-refractivity contribution in [1.82, 2.24) is 5.32 Å². The SMILES string of the molecule is O=C(CCCSc1ccc(Cl)cc1)NCC1CCCC(O)C1. The van der Waals surface area contributed by atoms with Crippen molar-refractivity contribution in [3.63, 3.8) is 0 Å². The van der Waals surface area contributed by atoms with Crippen LogP contribution in [-0.4, -0.2) is 29.4 Å². The van der Waals surface area contributed by atoms with Crippen molar-refractivity contribution in [2.45, 2.75) is 49.5 Å². The molecule has 0 heterocycles. The van der Waals surface area contributed by atoms with Crippen LogP contribution in [0.3, 0.4) is 0 Å². The Bertz CT molecular complexity index is 466. The first kappa shape index (κ1) is 17.6. The molecule has 0 radical (unpaired) electrons. The van der Waals surface area contributed by atoms with Gasteiger partial charge in [0.1, 0.15) is 0 Å². The van der Waals surface area contributed by atoms with Gasteiger partial charge in [0, 0.05) is 22.9 Å². The molecule has 1 fully saturated rings. The van der Waals surface area contributed by atoms with Crippen molar-refractivity contribution in [2.75, 3.05) is 12.3 Å². The molecule has 5 heteroatoms. The van der Waals surface area contributed by atoms with Crippen molar-refractivity contribution in [3.05, 3.63) is 29.3 Å². The summed E-state index contributed by atoms with van der Waals surface area (Å²) in [5.74, 6) is 1.49. The van der Waals surface area contributed by atoms with E-state index in [1.54, 1.807) is 11.8 Å². The fourth-order valence-corrected chi connectivity index (χ4v) is 3.73. The molecule has 22 heavy (non-hydrogen) atoms. The molecule has 2 unspecified atom stereocenters. The Morgan fingerprint density at radius 1 is 1.32 bits per heavy atom. The molecule has 3 nitrogen and oxygen atoms in total. The lowest BCUT2D eigenvalue weighted by Crippen LogP contribution is -2.32. The van der Waals surface area contributed by atoms with Gasteiger partial charge >= 0.3 is 0 Å². The number of carbonyl (C=O) groups excluding carboxylic acids is 1. The van der Waals surface area contributed by atoms with Crippen LogP contribution in [0.5, 0.6) is 0 Å². The first-order chi connectivity index (χ1) is 10.6. The van der Waals surface area contributed by atoms with Crippen LogP contribution in [0.15, 0.2) is 29.2 Å². The molecule has 0 aromatic heterocycles. The minimum Gasteiger partial charge on any atom is -0.393 e. The van der Waals surface area contributed by atoms with E-state index in [2.05, 4.69) is 5.32 Å². The van der Waals surface area contributed by atoms with Crippen LogP contribution in [0.2, 0.25) is 5.02 Å². The topological polar surface area (TPSA) is 49.3 Å². The third-order valence-corrected chi connectivity index (χ3v) is 5.32. The minimum absolute atomic E-state index is 0.122. The zero-order chi connectivity index (χ0) is 15.8. The molecule has 1 aromatic rings. The molecule has 1 aliphatic rings. The van der Waals surface area contributed by atoms with Crippen LogP contribution in [-0.2, 0) is 4.79 Å². The molecule has 0 aliphatic heterocycles. The van der Waals surface area contributed by atoms with Crippen LogP contribution < -0.4 is 5.32 Å². The van der Waals surface area contributed by atoms with Gasteiger partial charge in [-0.3, -0.25) is 4.79 Å². The summed E-state index contributed by atoms with van der Waals surface area (Å²) in [5, 5.41) is 13.4. The summed E-state index contributed by atoms with van der Waals surface area (Å²) in [7, 11) is 0. The summed E-state index contributed by atoms with van der Waals surface area (Å²) in [6.45, 7) is 0.709. The molecule has 2 atom stereocenters. The average Bonchev–Trinajstić information content (AvgIpc) is 2.51. The van der Waals surface area contributed by atoms with E-state index in [1.807, 2.05) is 24.3 Å². The van der Waals surface area contributed by atoms with Crippen LogP contribution in [0.1, 0.15) is 38.5 Å². The Hall–Kier alpha value is -0.710. The smallest absolute Gasteiger partial charge is 0.220 e.